The number of benzene rings is 2. The summed E-state index contributed by atoms with van der Waals surface area (Å²) in [7, 11) is 0. The SMILES string of the molecule is C=CCOC[C@H]1OC(O)(c2ccc(Cl)c(Cc3ccc(OC4CCOC4)cc3)c2)[C@H](OCC=C)[C@@H](OCC=C)[C@H]1OCC=C. The highest BCUT2D eigenvalue weighted by molar-refractivity contribution is 6.31. The van der Waals surface area contributed by atoms with Crippen LogP contribution in [0.2, 0.25) is 5.02 Å². The van der Waals surface area contributed by atoms with Crippen molar-refractivity contribution in [2.75, 3.05) is 46.2 Å². The zero-order chi connectivity index (χ0) is 31.4. The number of ether oxygens (including phenoxy) is 7. The highest BCUT2D eigenvalue weighted by Crippen LogP contribution is 2.42. The van der Waals surface area contributed by atoms with Gasteiger partial charge < -0.3 is 38.3 Å². The summed E-state index contributed by atoms with van der Waals surface area (Å²) in [6.45, 7) is 17.4. The highest BCUT2D eigenvalue weighted by atomic mass is 35.5. The van der Waals surface area contributed by atoms with Gasteiger partial charge in [-0.25, -0.2) is 0 Å². The quantitative estimate of drug-likeness (QED) is 0.170. The molecule has 2 aliphatic rings. The van der Waals surface area contributed by atoms with Gasteiger partial charge in [0.2, 0.25) is 5.79 Å². The summed E-state index contributed by atoms with van der Waals surface area (Å²) in [6.07, 6.45) is 4.84. The number of halogens is 1. The summed E-state index contributed by atoms with van der Waals surface area (Å²) >= 11 is 6.69. The third-order valence-corrected chi connectivity index (χ3v) is 7.77. The molecular weight excluding hydrogens is 584 g/mol. The van der Waals surface area contributed by atoms with Crippen LogP contribution in [-0.4, -0.2) is 81.9 Å². The van der Waals surface area contributed by atoms with Gasteiger partial charge >= 0.3 is 0 Å². The van der Waals surface area contributed by atoms with E-state index >= 15 is 0 Å². The van der Waals surface area contributed by atoms with E-state index < -0.39 is 30.2 Å². The molecule has 44 heavy (non-hydrogen) atoms. The van der Waals surface area contributed by atoms with Crippen LogP contribution in [0, 0.1) is 0 Å². The predicted molar refractivity (Wildman–Crippen MR) is 170 cm³/mol. The van der Waals surface area contributed by atoms with Crippen molar-refractivity contribution in [3.05, 3.63) is 115 Å². The minimum atomic E-state index is -1.95. The molecular formula is C35H43ClO8. The summed E-state index contributed by atoms with van der Waals surface area (Å²) < 4.78 is 42.2. The van der Waals surface area contributed by atoms with E-state index in [-0.39, 0.29) is 32.5 Å². The molecule has 0 aromatic heterocycles. The van der Waals surface area contributed by atoms with Crippen LogP contribution in [0.5, 0.6) is 5.75 Å². The standard InChI is InChI=1S/C35H43ClO8/c1-5-16-38-24-31-32(40-17-6-2)33(41-18-7-3)34(42-19-8-4)35(37,44-31)27-11-14-30(36)26(22-27)21-25-9-12-28(13-10-25)43-29-15-20-39-23-29/h5-14,22,29,31-34,37H,1-4,15-21,23-24H2/t29?,31-,32+,33+,34-,35?/m1/s1. The molecule has 0 amide bonds. The molecule has 0 aliphatic carbocycles. The van der Waals surface area contributed by atoms with Gasteiger partial charge in [-0.3, -0.25) is 0 Å². The van der Waals surface area contributed by atoms with Crippen LogP contribution in [-0.2, 0) is 40.6 Å². The summed E-state index contributed by atoms with van der Waals surface area (Å²) in [5, 5.41) is 13.0. The molecule has 1 N–H and O–H groups in total. The average molecular weight is 627 g/mol. The maximum atomic E-state index is 12.4. The number of aliphatic hydroxyl groups is 1. The minimum Gasteiger partial charge on any atom is -0.488 e. The van der Waals surface area contributed by atoms with Gasteiger partial charge in [0, 0.05) is 17.0 Å². The minimum absolute atomic E-state index is 0.0755. The van der Waals surface area contributed by atoms with E-state index in [1.807, 2.05) is 30.3 Å². The second-order valence-electron chi connectivity index (χ2n) is 10.6. The Morgan fingerprint density at radius 2 is 1.57 bits per heavy atom. The molecule has 2 heterocycles. The van der Waals surface area contributed by atoms with Crippen LogP contribution in [0.25, 0.3) is 0 Å². The maximum Gasteiger partial charge on any atom is 0.222 e. The smallest absolute Gasteiger partial charge is 0.222 e. The summed E-state index contributed by atoms with van der Waals surface area (Å²) in [4.78, 5) is 0. The van der Waals surface area contributed by atoms with Crippen molar-refractivity contribution < 1.29 is 38.3 Å². The van der Waals surface area contributed by atoms with E-state index in [1.165, 1.54) is 0 Å². The lowest BCUT2D eigenvalue weighted by molar-refractivity contribution is -0.371. The first kappa shape index (κ1) is 34.1. The van der Waals surface area contributed by atoms with Gasteiger partial charge in [-0.05, 0) is 41.8 Å². The van der Waals surface area contributed by atoms with Crippen molar-refractivity contribution in [3.63, 3.8) is 0 Å². The average Bonchev–Trinajstić information content (AvgIpc) is 3.54. The number of rotatable bonds is 18. The Labute approximate surface area is 265 Å². The van der Waals surface area contributed by atoms with E-state index in [0.29, 0.717) is 30.2 Å². The number of hydrogen-bond donors (Lipinski definition) is 1. The molecule has 0 bridgehead atoms. The van der Waals surface area contributed by atoms with Gasteiger partial charge in [0.1, 0.15) is 36.3 Å². The zero-order valence-electron chi connectivity index (χ0n) is 25.1. The monoisotopic (exact) mass is 626 g/mol. The van der Waals surface area contributed by atoms with Gasteiger partial charge in [-0.1, -0.05) is 54.1 Å². The first-order valence-corrected chi connectivity index (χ1v) is 15.2. The van der Waals surface area contributed by atoms with Crippen molar-refractivity contribution in [2.24, 2.45) is 0 Å². The van der Waals surface area contributed by atoms with Crippen molar-refractivity contribution >= 4 is 11.6 Å². The van der Waals surface area contributed by atoms with E-state index in [9.17, 15) is 5.11 Å². The fourth-order valence-corrected chi connectivity index (χ4v) is 5.54. The van der Waals surface area contributed by atoms with E-state index in [2.05, 4.69) is 26.3 Å². The van der Waals surface area contributed by atoms with Gasteiger partial charge in [-0.15, -0.1) is 26.3 Å². The Bertz CT molecular complexity index is 1230. The Morgan fingerprint density at radius 1 is 0.886 bits per heavy atom. The third kappa shape index (κ3) is 8.68. The first-order valence-electron chi connectivity index (χ1n) is 14.8. The van der Waals surface area contributed by atoms with E-state index in [1.54, 1.807) is 36.4 Å². The second-order valence-corrected chi connectivity index (χ2v) is 11.0. The molecule has 2 aromatic rings. The molecule has 2 fully saturated rings. The predicted octanol–water partition coefficient (Wildman–Crippen LogP) is 5.56. The van der Waals surface area contributed by atoms with Crippen LogP contribution in [0.3, 0.4) is 0 Å². The van der Waals surface area contributed by atoms with Crippen molar-refractivity contribution in [1.82, 2.24) is 0 Å². The second kappa shape index (κ2) is 17.1. The van der Waals surface area contributed by atoms with Crippen LogP contribution in [0.4, 0.5) is 0 Å². The third-order valence-electron chi connectivity index (χ3n) is 7.40. The fourth-order valence-electron chi connectivity index (χ4n) is 5.36. The topological polar surface area (TPSA) is 84.8 Å². The Kier molecular flexibility index (Phi) is 13.2. The Morgan fingerprint density at radius 3 is 2.23 bits per heavy atom. The molecule has 2 unspecified atom stereocenters. The van der Waals surface area contributed by atoms with Gasteiger partial charge in [0.15, 0.2) is 0 Å². The van der Waals surface area contributed by atoms with Crippen molar-refractivity contribution in [1.29, 1.82) is 0 Å². The molecule has 2 aromatic carbocycles. The lowest BCUT2D eigenvalue weighted by atomic mass is 9.86. The number of hydrogen-bond acceptors (Lipinski definition) is 8. The summed E-state index contributed by atoms with van der Waals surface area (Å²) in [5.41, 5.74) is 2.28. The maximum absolute atomic E-state index is 12.4. The van der Waals surface area contributed by atoms with Crippen LogP contribution in [0.15, 0.2) is 93.1 Å². The van der Waals surface area contributed by atoms with Crippen molar-refractivity contribution in [3.8, 4) is 5.75 Å². The molecule has 238 valence electrons. The molecule has 0 radical (unpaired) electrons. The Hall–Kier alpha value is -2.79. The van der Waals surface area contributed by atoms with E-state index in [0.717, 1.165) is 29.9 Å². The Balaban J connectivity index is 1.66. The molecule has 6 atom stereocenters. The zero-order valence-corrected chi connectivity index (χ0v) is 25.9. The van der Waals surface area contributed by atoms with Gasteiger partial charge in [0.25, 0.3) is 0 Å². The fraction of sp³-hybridized carbons (Fsp3) is 0.429. The van der Waals surface area contributed by atoms with Crippen LogP contribution < -0.4 is 4.74 Å². The highest BCUT2D eigenvalue weighted by Gasteiger charge is 2.57. The lowest BCUT2D eigenvalue weighted by Crippen LogP contribution is -2.66. The van der Waals surface area contributed by atoms with Crippen LogP contribution >= 0.6 is 11.6 Å². The molecule has 9 heteroatoms. The lowest BCUT2D eigenvalue weighted by Gasteiger charge is -2.50. The molecule has 4 rings (SSSR count). The van der Waals surface area contributed by atoms with E-state index in [4.69, 9.17) is 44.8 Å². The largest absolute Gasteiger partial charge is 0.488 e. The van der Waals surface area contributed by atoms with Gasteiger partial charge in [0.05, 0.1) is 46.2 Å². The summed E-state index contributed by atoms with van der Waals surface area (Å²) in [5.74, 6) is -1.16. The molecule has 2 saturated heterocycles. The molecule has 8 nitrogen and oxygen atoms in total. The van der Waals surface area contributed by atoms with Gasteiger partial charge in [-0.2, -0.15) is 0 Å². The molecule has 0 saturated carbocycles. The van der Waals surface area contributed by atoms with Crippen LogP contribution in [0.1, 0.15) is 23.1 Å². The first-order chi connectivity index (χ1) is 21.4. The van der Waals surface area contributed by atoms with Crippen molar-refractivity contribution in [2.45, 2.75) is 49.1 Å². The summed E-state index contributed by atoms with van der Waals surface area (Å²) in [6, 6.07) is 13.2. The normalized spacial score (nSPS) is 26.6. The molecule has 0 spiro atoms. The molecule has 2 aliphatic heterocycles.